The van der Waals surface area contributed by atoms with Crippen molar-refractivity contribution in [3.63, 3.8) is 0 Å². The number of rotatable bonds is 5. The van der Waals surface area contributed by atoms with Gasteiger partial charge >= 0.3 is 0 Å². The average Bonchev–Trinajstić information content (AvgIpc) is 3.11. The third kappa shape index (κ3) is 2.79. The standard InChI is InChI=1S/C16H20N2O2/c1-10(2)17-16(19)14-8-12-13(18-14)4-3-5-15(12)20-9-11-6-7-11/h3-5,8,10-11,18H,6-7,9H2,1-2H3,(H,17,19). The van der Waals surface area contributed by atoms with E-state index in [1.165, 1.54) is 12.8 Å². The molecule has 1 aliphatic rings. The van der Waals surface area contributed by atoms with Gasteiger partial charge in [0, 0.05) is 16.9 Å². The van der Waals surface area contributed by atoms with Crippen molar-refractivity contribution in [2.75, 3.05) is 6.61 Å². The molecule has 3 rings (SSSR count). The fourth-order valence-corrected chi connectivity index (χ4v) is 2.21. The number of H-pyrrole nitrogens is 1. The fraction of sp³-hybridized carbons (Fsp3) is 0.438. The molecular weight excluding hydrogens is 252 g/mol. The van der Waals surface area contributed by atoms with Crippen molar-refractivity contribution in [3.8, 4) is 5.75 Å². The van der Waals surface area contributed by atoms with Gasteiger partial charge in [0.2, 0.25) is 0 Å². The Labute approximate surface area is 118 Å². The summed E-state index contributed by atoms with van der Waals surface area (Å²) < 4.78 is 5.87. The number of hydrogen-bond donors (Lipinski definition) is 2. The Hall–Kier alpha value is -1.97. The zero-order chi connectivity index (χ0) is 14.1. The second-order valence-electron chi connectivity index (χ2n) is 5.78. The van der Waals surface area contributed by atoms with Crippen LogP contribution in [0.2, 0.25) is 0 Å². The average molecular weight is 272 g/mol. The molecule has 1 aliphatic carbocycles. The maximum absolute atomic E-state index is 12.0. The summed E-state index contributed by atoms with van der Waals surface area (Å²) in [4.78, 5) is 15.2. The molecule has 2 N–H and O–H groups in total. The van der Waals surface area contributed by atoms with Crippen molar-refractivity contribution in [3.05, 3.63) is 30.0 Å². The SMILES string of the molecule is CC(C)NC(=O)c1cc2c(OCC3CC3)cccc2[nH]1. The van der Waals surface area contributed by atoms with E-state index in [1.807, 2.05) is 38.1 Å². The molecule has 1 fully saturated rings. The summed E-state index contributed by atoms with van der Waals surface area (Å²) in [5.41, 5.74) is 1.52. The van der Waals surface area contributed by atoms with Gasteiger partial charge in [-0.25, -0.2) is 0 Å². The highest BCUT2D eigenvalue weighted by Crippen LogP contribution is 2.32. The Morgan fingerprint density at radius 1 is 1.45 bits per heavy atom. The van der Waals surface area contributed by atoms with Gasteiger partial charge in [-0.15, -0.1) is 0 Å². The largest absolute Gasteiger partial charge is 0.493 e. The van der Waals surface area contributed by atoms with Crippen LogP contribution < -0.4 is 10.1 Å². The molecule has 0 radical (unpaired) electrons. The van der Waals surface area contributed by atoms with Crippen LogP contribution in [0.15, 0.2) is 24.3 Å². The van der Waals surface area contributed by atoms with Gasteiger partial charge in [-0.3, -0.25) is 4.79 Å². The zero-order valence-electron chi connectivity index (χ0n) is 11.9. The van der Waals surface area contributed by atoms with Gasteiger partial charge in [0.1, 0.15) is 11.4 Å². The number of hydrogen-bond acceptors (Lipinski definition) is 2. The van der Waals surface area contributed by atoms with Crippen molar-refractivity contribution in [1.82, 2.24) is 10.3 Å². The lowest BCUT2D eigenvalue weighted by Gasteiger charge is -2.06. The van der Waals surface area contributed by atoms with Crippen molar-refractivity contribution in [1.29, 1.82) is 0 Å². The Morgan fingerprint density at radius 3 is 2.95 bits per heavy atom. The summed E-state index contributed by atoms with van der Waals surface area (Å²) in [6, 6.07) is 7.87. The summed E-state index contributed by atoms with van der Waals surface area (Å²) in [7, 11) is 0. The van der Waals surface area contributed by atoms with Gasteiger partial charge in [-0.2, -0.15) is 0 Å². The predicted molar refractivity (Wildman–Crippen MR) is 79.1 cm³/mol. The number of benzene rings is 1. The first kappa shape index (κ1) is 13.0. The summed E-state index contributed by atoms with van der Waals surface area (Å²) in [5.74, 6) is 1.49. The van der Waals surface area contributed by atoms with Crippen LogP contribution in [0.25, 0.3) is 10.9 Å². The van der Waals surface area contributed by atoms with E-state index in [-0.39, 0.29) is 11.9 Å². The molecule has 1 aromatic heterocycles. The van der Waals surface area contributed by atoms with Crippen LogP contribution in [-0.2, 0) is 0 Å². The topological polar surface area (TPSA) is 54.1 Å². The second kappa shape index (κ2) is 5.19. The number of fused-ring (bicyclic) bond motifs is 1. The minimum atomic E-state index is -0.0793. The van der Waals surface area contributed by atoms with Crippen LogP contribution in [0.4, 0.5) is 0 Å². The maximum Gasteiger partial charge on any atom is 0.267 e. The quantitative estimate of drug-likeness (QED) is 0.878. The van der Waals surface area contributed by atoms with Gasteiger partial charge in [0.25, 0.3) is 5.91 Å². The summed E-state index contributed by atoms with van der Waals surface area (Å²) >= 11 is 0. The number of aromatic amines is 1. The monoisotopic (exact) mass is 272 g/mol. The van der Waals surface area contributed by atoms with Gasteiger partial charge in [-0.05, 0) is 50.8 Å². The highest BCUT2D eigenvalue weighted by Gasteiger charge is 2.22. The number of carbonyl (C=O) groups is 1. The number of nitrogens with one attached hydrogen (secondary N) is 2. The number of amides is 1. The number of carbonyl (C=O) groups excluding carboxylic acids is 1. The summed E-state index contributed by atoms with van der Waals surface area (Å²) in [6.07, 6.45) is 2.54. The molecule has 4 heteroatoms. The molecule has 1 aromatic carbocycles. The van der Waals surface area contributed by atoms with Crippen molar-refractivity contribution < 1.29 is 9.53 Å². The maximum atomic E-state index is 12.0. The van der Waals surface area contributed by atoms with E-state index in [0.717, 1.165) is 23.3 Å². The van der Waals surface area contributed by atoms with E-state index >= 15 is 0 Å². The third-order valence-electron chi connectivity index (χ3n) is 3.46. The molecule has 1 heterocycles. The molecule has 0 saturated heterocycles. The highest BCUT2D eigenvalue weighted by atomic mass is 16.5. The summed E-state index contributed by atoms with van der Waals surface area (Å²) in [6.45, 7) is 4.67. The van der Waals surface area contributed by atoms with Gasteiger partial charge in [0.15, 0.2) is 0 Å². The van der Waals surface area contributed by atoms with E-state index in [4.69, 9.17) is 4.74 Å². The fourth-order valence-electron chi connectivity index (χ4n) is 2.21. The molecule has 106 valence electrons. The van der Waals surface area contributed by atoms with E-state index < -0.39 is 0 Å². The van der Waals surface area contributed by atoms with Gasteiger partial charge < -0.3 is 15.0 Å². The molecule has 20 heavy (non-hydrogen) atoms. The first-order valence-corrected chi connectivity index (χ1v) is 7.19. The Balaban J connectivity index is 1.85. The van der Waals surface area contributed by atoms with E-state index in [0.29, 0.717) is 11.6 Å². The normalized spacial score (nSPS) is 14.8. The van der Waals surface area contributed by atoms with Crippen LogP contribution in [0.1, 0.15) is 37.2 Å². The lowest BCUT2D eigenvalue weighted by molar-refractivity contribution is 0.0939. The van der Waals surface area contributed by atoms with Gasteiger partial charge in [-0.1, -0.05) is 6.07 Å². The van der Waals surface area contributed by atoms with Crippen LogP contribution >= 0.6 is 0 Å². The van der Waals surface area contributed by atoms with Crippen molar-refractivity contribution in [2.24, 2.45) is 5.92 Å². The molecule has 4 nitrogen and oxygen atoms in total. The van der Waals surface area contributed by atoms with Crippen LogP contribution in [0.5, 0.6) is 5.75 Å². The first-order valence-electron chi connectivity index (χ1n) is 7.19. The van der Waals surface area contributed by atoms with E-state index in [1.54, 1.807) is 0 Å². The molecule has 1 amide bonds. The van der Waals surface area contributed by atoms with Crippen LogP contribution in [0.3, 0.4) is 0 Å². The molecular formula is C16H20N2O2. The molecule has 0 atom stereocenters. The lowest BCUT2D eigenvalue weighted by Crippen LogP contribution is -2.30. The third-order valence-corrected chi connectivity index (χ3v) is 3.46. The second-order valence-corrected chi connectivity index (χ2v) is 5.78. The number of ether oxygens (including phenoxy) is 1. The molecule has 1 saturated carbocycles. The van der Waals surface area contributed by atoms with E-state index in [9.17, 15) is 4.79 Å². The van der Waals surface area contributed by atoms with Crippen molar-refractivity contribution in [2.45, 2.75) is 32.7 Å². The molecule has 0 bridgehead atoms. The Bertz CT molecular complexity index is 626. The van der Waals surface area contributed by atoms with Crippen LogP contribution in [0, 0.1) is 5.92 Å². The molecule has 0 aliphatic heterocycles. The Kier molecular flexibility index (Phi) is 3.38. The zero-order valence-corrected chi connectivity index (χ0v) is 11.9. The lowest BCUT2D eigenvalue weighted by atomic mass is 10.2. The minimum Gasteiger partial charge on any atom is -0.493 e. The molecule has 2 aromatic rings. The van der Waals surface area contributed by atoms with Gasteiger partial charge in [0.05, 0.1) is 6.61 Å². The predicted octanol–water partition coefficient (Wildman–Crippen LogP) is 3.09. The molecule has 0 unspecified atom stereocenters. The first-order chi connectivity index (χ1) is 9.63. The highest BCUT2D eigenvalue weighted by molar-refractivity contribution is 5.99. The number of aromatic nitrogens is 1. The van der Waals surface area contributed by atoms with E-state index in [2.05, 4.69) is 10.3 Å². The minimum absolute atomic E-state index is 0.0793. The van der Waals surface area contributed by atoms with Crippen molar-refractivity contribution >= 4 is 16.8 Å². The summed E-state index contributed by atoms with van der Waals surface area (Å²) in [5, 5.41) is 3.86. The Morgan fingerprint density at radius 2 is 2.25 bits per heavy atom. The van der Waals surface area contributed by atoms with Crippen LogP contribution in [-0.4, -0.2) is 23.5 Å². The smallest absolute Gasteiger partial charge is 0.267 e. The molecule has 0 spiro atoms.